The Bertz CT molecular complexity index is 794. The molecule has 2 aromatic carbocycles. The highest BCUT2D eigenvalue weighted by atomic mass is 35.5. The van der Waals surface area contributed by atoms with Crippen molar-refractivity contribution >= 4 is 34.9 Å². The number of amides is 1. The number of benzene rings is 2. The number of nitro groups is 1. The molecule has 24 heavy (non-hydrogen) atoms. The Morgan fingerprint density at radius 2 is 1.79 bits per heavy atom. The Balaban J connectivity index is 2.07. The summed E-state index contributed by atoms with van der Waals surface area (Å²) in [5, 5.41) is 13.5. The molecule has 7 nitrogen and oxygen atoms in total. The lowest BCUT2D eigenvalue weighted by molar-refractivity contribution is -0.383. The first-order valence-electron chi connectivity index (χ1n) is 6.90. The molecule has 0 heterocycles. The number of para-hydroxylation sites is 2. The number of carbonyl (C=O) groups is 2. The number of hydrogen-bond donors (Lipinski definition) is 1. The average molecular weight is 349 g/mol. The number of carbonyl (C=O) groups excluding carboxylic acids is 2. The van der Waals surface area contributed by atoms with E-state index in [9.17, 15) is 19.7 Å². The number of rotatable bonds is 5. The molecule has 0 aliphatic rings. The van der Waals surface area contributed by atoms with Crippen molar-refractivity contribution in [2.75, 3.05) is 5.32 Å². The standard InChI is InChI=1S/C16H13ClN2O5/c1-10(24-16(21)11-6-2-3-7-12(11)17)15(20)18-13-8-4-5-9-14(13)19(22)23/h2-10H,1H3,(H,18,20)/t10-/m0/s1. The zero-order valence-corrected chi connectivity index (χ0v) is 13.3. The van der Waals surface area contributed by atoms with E-state index in [1.165, 1.54) is 37.3 Å². The molecule has 0 unspecified atom stereocenters. The van der Waals surface area contributed by atoms with Gasteiger partial charge >= 0.3 is 5.97 Å². The lowest BCUT2D eigenvalue weighted by Crippen LogP contribution is -2.30. The molecule has 8 heteroatoms. The van der Waals surface area contributed by atoms with Crippen molar-refractivity contribution in [1.82, 2.24) is 0 Å². The van der Waals surface area contributed by atoms with Crippen molar-refractivity contribution in [3.63, 3.8) is 0 Å². The van der Waals surface area contributed by atoms with Gasteiger partial charge in [0.2, 0.25) is 0 Å². The van der Waals surface area contributed by atoms with Crippen LogP contribution in [0.2, 0.25) is 5.02 Å². The Morgan fingerprint density at radius 1 is 1.17 bits per heavy atom. The molecule has 2 aromatic rings. The summed E-state index contributed by atoms with van der Waals surface area (Å²) in [7, 11) is 0. The van der Waals surface area contributed by atoms with Gasteiger partial charge in [-0.3, -0.25) is 14.9 Å². The Kier molecular flexibility index (Phi) is 5.49. The highest BCUT2D eigenvalue weighted by molar-refractivity contribution is 6.33. The van der Waals surface area contributed by atoms with E-state index in [0.29, 0.717) is 0 Å². The fraction of sp³-hybridized carbons (Fsp3) is 0.125. The second kappa shape index (κ2) is 7.56. The summed E-state index contributed by atoms with van der Waals surface area (Å²) < 4.78 is 5.05. The molecule has 0 saturated carbocycles. The van der Waals surface area contributed by atoms with Crippen molar-refractivity contribution in [3.8, 4) is 0 Å². The SMILES string of the molecule is C[C@H](OC(=O)c1ccccc1Cl)C(=O)Nc1ccccc1[N+](=O)[O-]. The van der Waals surface area contributed by atoms with Gasteiger partial charge in [-0.2, -0.15) is 0 Å². The molecule has 1 atom stereocenters. The van der Waals surface area contributed by atoms with Crippen LogP contribution in [0.15, 0.2) is 48.5 Å². The average Bonchev–Trinajstić information content (AvgIpc) is 2.55. The zero-order valence-electron chi connectivity index (χ0n) is 12.6. The van der Waals surface area contributed by atoms with E-state index in [2.05, 4.69) is 5.32 Å². The van der Waals surface area contributed by atoms with Crippen LogP contribution in [0.4, 0.5) is 11.4 Å². The normalized spacial score (nSPS) is 11.4. The fourth-order valence-corrected chi connectivity index (χ4v) is 2.09. The minimum atomic E-state index is -1.16. The summed E-state index contributed by atoms with van der Waals surface area (Å²) in [5.74, 6) is -1.45. The predicted octanol–water partition coefficient (Wildman–Crippen LogP) is 3.43. The molecule has 124 valence electrons. The highest BCUT2D eigenvalue weighted by Crippen LogP contribution is 2.23. The van der Waals surface area contributed by atoms with Crippen molar-refractivity contribution < 1.29 is 19.2 Å². The summed E-state index contributed by atoms with van der Waals surface area (Å²) in [6.45, 7) is 1.36. The van der Waals surface area contributed by atoms with Gasteiger partial charge in [-0.25, -0.2) is 4.79 Å². The van der Waals surface area contributed by atoms with Crippen LogP contribution in [0.3, 0.4) is 0 Å². The Hall–Kier alpha value is -2.93. The molecule has 0 aromatic heterocycles. The van der Waals surface area contributed by atoms with Crippen LogP contribution in [0.5, 0.6) is 0 Å². The van der Waals surface area contributed by atoms with Gasteiger partial charge in [0.1, 0.15) is 5.69 Å². The molecule has 0 bridgehead atoms. The molecule has 0 fully saturated rings. The highest BCUT2D eigenvalue weighted by Gasteiger charge is 2.23. The first kappa shape index (κ1) is 17.4. The van der Waals surface area contributed by atoms with Crippen LogP contribution in [-0.2, 0) is 9.53 Å². The molecule has 0 spiro atoms. The number of hydrogen-bond acceptors (Lipinski definition) is 5. The number of anilines is 1. The molecule has 0 aliphatic heterocycles. The van der Waals surface area contributed by atoms with Gasteiger partial charge in [0, 0.05) is 6.07 Å². The lowest BCUT2D eigenvalue weighted by atomic mass is 10.2. The summed E-state index contributed by atoms with van der Waals surface area (Å²) in [5.41, 5.74) is -0.104. The maximum Gasteiger partial charge on any atom is 0.340 e. The number of esters is 1. The van der Waals surface area contributed by atoms with Crippen molar-refractivity contribution in [2.45, 2.75) is 13.0 Å². The molecule has 0 aliphatic carbocycles. The maximum atomic E-state index is 12.1. The number of ether oxygens (including phenoxy) is 1. The molecule has 2 rings (SSSR count). The molecular formula is C16H13ClN2O5. The van der Waals surface area contributed by atoms with E-state index in [1.807, 2.05) is 0 Å². The van der Waals surface area contributed by atoms with Crippen LogP contribution in [0.1, 0.15) is 17.3 Å². The first-order valence-corrected chi connectivity index (χ1v) is 7.27. The Labute approximate surface area is 142 Å². The quantitative estimate of drug-likeness (QED) is 0.507. The van der Waals surface area contributed by atoms with Gasteiger partial charge in [0.15, 0.2) is 6.10 Å². The van der Waals surface area contributed by atoms with E-state index in [0.717, 1.165) is 0 Å². The minimum Gasteiger partial charge on any atom is -0.449 e. The van der Waals surface area contributed by atoms with Gasteiger partial charge in [0.05, 0.1) is 15.5 Å². The molecular weight excluding hydrogens is 336 g/mol. The number of nitrogens with zero attached hydrogens (tertiary/aromatic N) is 1. The third kappa shape index (κ3) is 4.08. The van der Waals surface area contributed by atoms with Crippen LogP contribution in [-0.4, -0.2) is 22.9 Å². The van der Waals surface area contributed by atoms with Crippen LogP contribution in [0, 0.1) is 10.1 Å². The largest absolute Gasteiger partial charge is 0.449 e. The lowest BCUT2D eigenvalue weighted by Gasteiger charge is -2.14. The zero-order chi connectivity index (χ0) is 17.7. The minimum absolute atomic E-state index is 0.0214. The van der Waals surface area contributed by atoms with Crippen molar-refractivity contribution in [2.24, 2.45) is 0 Å². The van der Waals surface area contributed by atoms with Crippen molar-refractivity contribution in [1.29, 1.82) is 0 Å². The van der Waals surface area contributed by atoms with Crippen LogP contribution in [0.25, 0.3) is 0 Å². The van der Waals surface area contributed by atoms with Crippen LogP contribution >= 0.6 is 11.6 Å². The summed E-state index contributed by atoms with van der Waals surface area (Å²) in [6, 6.07) is 11.9. The fourth-order valence-electron chi connectivity index (χ4n) is 1.88. The second-order valence-electron chi connectivity index (χ2n) is 4.79. The molecule has 0 saturated heterocycles. The van der Waals surface area contributed by atoms with Crippen molar-refractivity contribution in [3.05, 3.63) is 69.2 Å². The predicted molar refractivity (Wildman–Crippen MR) is 88.1 cm³/mol. The topological polar surface area (TPSA) is 98.5 Å². The first-order chi connectivity index (χ1) is 11.4. The maximum absolute atomic E-state index is 12.1. The second-order valence-corrected chi connectivity index (χ2v) is 5.20. The Morgan fingerprint density at radius 3 is 2.46 bits per heavy atom. The molecule has 1 N–H and O–H groups in total. The molecule has 1 amide bonds. The third-order valence-electron chi connectivity index (χ3n) is 3.11. The van der Waals surface area contributed by atoms with Crippen LogP contribution < -0.4 is 5.32 Å². The smallest absolute Gasteiger partial charge is 0.340 e. The van der Waals surface area contributed by atoms with Gasteiger partial charge in [-0.05, 0) is 25.1 Å². The van der Waals surface area contributed by atoms with Gasteiger partial charge < -0.3 is 10.1 Å². The number of nitrogens with one attached hydrogen (secondary N) is 1. The third-order valence-corrected chi connectivity index (χ3v) is 3.44. The van der Waals surface area contributed by atoms with E-state index < -0.39 is 22.9 Å². The van der Waals surface area contributed by atoms with E-state index in [1.54, 1.807) is 18.2 Å². The monoisotopic (exact) mass is 348 g/mol. The molecule has 0 radical (unpaired) electrons. The van der Waals surface area contributed by atoms with Gasteiger partial charge in [-0.15, -0.1) is 0 Å². The van der Waals surface area contributed by atoms with E-state index >= 15 is 0 Å². The van der Waals surface area contributed by atoms with Gasteiger partial charge in [-0.1, -0.05) is 35.9 Å². The number of nitro benzene ring substituents is 1. The van der Waals surface area contributed by atoms with E-state index in [-0.39, 0.29) is 22.0 Å². The summed E-state index contributed by atoms with van der Waals surface area (Å²) >= 11 is 5.89. The number of halogens is 1. The summed E-state index contributed by atoms with van der Waals surface area (Å²) in [4.78, 5) is 34.4. The van der Waals surface area contributed by atoms with Gasteiger partial charge in [0.25, 0.3) is 11.6 Å². The van der Waals surface area contributed by atoms with E-state index in [4.69, 9.17) is 16.3 Å². The summed E-state index contributed by atoms with van der Waals surface area (Å²) in [6.07, 6.45) is -1.16.